The van der Waals surface area contributed by atoms with Crippen LogP contribution >= 0.6 is 24.0 Å². The first kappa shape index (κ1) is 25.2. The van der Waals surface area contributed by atoms with E-state index in [1.807, 2.05) is 7.05 Å². The minimum absolute atomic E-state index is 0. The predicted molar refractivity (Wildman–Crippen MR) is 130 cm³/mol. The van der Waals surface area contributed by atoms with Crippen molar-refractivity contribution < 1.29 is 4.74 Å². The highest BCUT2D eigenvalue weighted by molar-refractivity contribution is 14.0. The monoisotopic (exact) mass is 502 g/mol. The molecular formula is C22H39IN4O. The first-order valence-corrected chi connectivity index (χ1v) is 10.3. The van der Waals surface area contributed by atoms with Gasteiger partial charge in [-0.25, -0.2) is 0 Å². The molecule has 1 aliphatic rings. The van der Waals surface area contributed by atoms with E-state index in [4.69, 9.17) is 4.74 Å². The van der Waals surface area contributed by atoms with E-state index in [0.717, 1.165) is 57.9 Å². The van der Waals surface area contributed by atoms with Gasteiger partial charge in [0.15, 0.2) is 5.96 Å². The van der Waals surface area contributed by atoms with E-state index in [0.29, 0.717) is 5.92 Å². The molecule has 28 heavy (non-hydrogen) atoms. The van der Waals surface area contributed by atoms with Crippen LogP contribution in [0.3, 0.4) is 0 Å². The van der Waals surface area contributed by atoms with Crippen molar-refractivity contribution in [1.82, 2.24) is 15.5 Å². The number of halogens is 1. The molecule has 1 aliphatic heterocycles. The van der Waals surface area contributed by atoms with Gasteiger partial charge in [0, 0.05) is 38.9 Å². The van der Waals surface area contributed by atoms with Crippen molar-refractivity contribution in [3.8, 4) is 0 Å². The summed E-state index contributed by atoms with van der Waals surface area (Å²) in [6, 6.07) is 9.02. The summed E-state index contributed by atoms with van der Waals surface area (Å²) in [4.78, 5) is 6.71. The maximum Gasteiger partial charge on any atom is 0.191 e. The van der Waals surface area contributed by atoms with Gasteiger partial charge in [-0.15, -0.1) is 24.0 Å². The van der Waals surface area contributed by atoms with E-state index >= 15 is 0 Å². The molecule has 6 heteroatoms. The predicted octanol–water partition coefficient (Wildman–Crippen LogP) is 3.64. The lowest BCUT2D eigenvalue weighted by Crippen LogP contribution is -2.57. The summed E-state index contributed by atoms with van der Waals surface area (Å²) in [6.07, 6.45) is 4.28. The fraction of sp³-hybridized carbons (Fsp3) is 0.682. The van der Waals surface area contributed by atoms with Crippen LogP contribution in [0.1, 0.15) is 50.2 Å². The summed E-state index contributed by atoms with van der Waals surface area (Å²) in [5.74, 6) is 1.48. The summed E-state index contributed by atoms with van der Waals surface area (Å²) in [6.45, 7) is 7.95. The molecule has 5 nitrogen and oxygen atoms in total. The SMILES string of the molecule is CN=C(NCCCc1ccc(C(C)C)cc1)NCC1(N(C)C)CCOCC1.I. The molecule has 1 saturated heterocycles. The van der Waals surface area contributed by atoms with Crippen molar-refractivity contribution >= 4 is 29.9 Å². The van der Waals surface area contributed by atoms with Gasteiger partial charge in [0.25, 0.3) is 0 Å². The Morgan fingerprint density at radius 3 is 2.32 bits per heavy atom. The fourth-order valence-corrected chi connectivity index (χ4v) is 3.57. The minimum atomic E-state index is 0. The van der Waals surface area contributed by atoms with Crippen LogP contribution in [0.5, 0.6) is 0 Å². The number of ether oxygens (including phenoxy) is 1. The summed E-state index contributed by atoms with van der Waals surface area (Å²) in [5.41, 5.74) is 2.95. The second kappa shape index (κ2) is 12.6. The van der Waals surface area contributed by atoms with Crippen molar-refractivity contribution in [3.05, 3.63) is 35.4 Å². The second-order valence-electron chi connectivity index (χ2n) is 8.08. The molecule has 0 radical (unpaired) electrons. The minimum Gasteiger partial charge on any atom is -0.381 e. The Kier molecular flexibility index (Phi) is 11.4. The normalized spacial score (nSPS) is 16.8. The fourth-order valence-electron chi connectivity index (χ4n) is 3.57. The van der Waals surface area contributed by atoms with E-state index in [2.05, 4.69) is 72.7 Å². The van der Waals surface area contributed by atoms with E-state index < -0.39 is 0 Å². The molecule has 1 fully saturated rings. The van der Waals surface area contributed by atoms with Gasteiger partial charge in [-0.3, -0.25) is 4.99 Å². The highest BCUT2D eigenvalue weighted by atomic mass is 127. The van der Waals surface area contributed by atoms with E-state index in [1.165, 1.54) is 11.1 Å². The van der Waals surface area contributed by atoms with Crippen LogP contribution < -0.4 is 10.6 Å². The molecule has 0 aliphatic carbocycles. The number of guanidine groups is 1. The zero-order valence-electron chi connectivity index (χ0n) is 18.3. The lowest BCUT2D eigenvalue weighted by atomic mass is 9.88. The summed E-state index contributed by atoms with van der Waals surface area (Å²) < 4.78 is 5.55. The van der Waals surface area contributed by atoms with Gasteiger partial charge in [-0.1, -0.05) is 38.1 Å². The van der Waals surface area contributed by atoms with Crippen LogP contribution in [0, 0.1) is 0 Å². The first-order valence-electron chi connectivity index (χ1n) is 10.3. The Balaban J connectivity index is 0.00000392. The number of aryl methyl sites for hydroxylation is 1. The van der Waals surface area contributed by atoms with Gasteiger partial charge in [-0.05, 0) is 56.8 Å². The quantitative estimate of drug-likeness (QED) is 0.247. The maximum atomic E-state index is 5.55. The van der Waals surface area contributed by atoms with Crippen LogP contribution in [0.4, 0.5) is 0 Å². The van der Waals surface area contributed by atoms with E-state index in [-0.39, 0.29) is 29.5 Å². The number of rotatable bonds is 8. The number of nitrogens with one attached hydrogen (secondary N) is 2. The van der Waals surface area contributed by atoms with Crippen LogP contribution in [0.25, 0.3) is 0 Å². The molecule has 2 rings (SSSR count). The highest BCUT2D eigenvalue weighted by Gasteiger charge is 2.34. The van der Waals surface area contributed by atoms with Crippen LogP contribution in [0.15, 0.2) is 29.3 Å². The van der Waals surface area contributed by atoms with Crippen LogP contribution in [0.2, 0.25) is 0 Å². The number of nitrogens with zero attached hydrogens (tertiary/aromatic N) is 2. The lowest BCUT2D eigenvalue weighted by molar-refractivity contribution is -0.00501. The Hall–Kier alpha value is -0.860. The second-order valence-corrected chi connectivity index (χ2v) is 8.08. The molecule has 160 valence electrons. The third-order valence-corrected chi connectivity index (χ3v) is 5.76. The number of hydrogen-bond acceptors (Lipinski definition) is 3. The maximum absolute atomic E-state index is 5.55. The van der Waals surface area contributed by atoms with E-state index in [9.17, 15) is 0 Å². The standard InChI is InChI=1S/C22H38N4O.HI/c1-18(2)20-10-8-19(9-11-20)7-6-14-24-21(23-3)25-17-22(26(4)5)12-15-27-16-13-22;/h8-11,18H,6-7,12-17H2,1-5H3,(H2,23,24,25);1H. The van der Waals surface area contributed by atoms with Gasteiger partial charge in [0.1, 0.15) is 0 Å². The van der Waals surface area contributed by atoms with Gasteiger partial charge in [-0.2, -0.15) is 0 Å². The number of benzene rings is 1. The largest absolute Gasteiger partial charge is 0.381 e. The third kappa shape index (κ3) is 7.52. The number of likely N-dealkylation sites (N-methyl/N-ethyl adjacent to an activating group) is 1. The molecule has 1 heterocycles. The molecule has 0 unspecified atom stereocenters. The Morgan fingerprint density at radius 2 is 1.79 bits per heavy atom. The Labute approximate surface area is 188 Å². The molecule has 0 spiro atoms. The molecule has 1 aromatic carbocycles. The third-order valence-electron chi connectivity index (χ3n) is 5.76. The molecule has 0 bridgehead atoms. The summed E-state index contributed by atoms with van der Waals surface area (Å²) in [7, 11) is 6.16. The van der Waals surface area contributed by atoms with Gasteiger partial charge < -0.3 is 20.3 Å². The van der Waals surface area contributed by atoms with Gasteiger partial charge in [0.05, 0.1) is 0 Å². The average molecular weight is 502 g/mol. The Bertz CT molecular complexity index is 581. The van der Waals surface area contributed by atoms with E-state index in [1.54, 1.807) is 0 Å². The molecule has 0 atom stereocenters. The first-order chi connectivity index (χ1) is 13.0. The average Bonchev–Trinajstić information content (AvgIpc) is 2.68. The highest BCUT2D eigenvalue weighted by Crippen LogP contribution is 2.25. The number of aliphatic imine (C=N–C) groups is 1. The smallest absolute Gasteiger partial charge is 0.191 e. The zero-order chi connectivity index (χ0) is 19.7. The van der Waals surface area contributed by atoms with Crippen molar-refractivity contribution in [1.29, 1.82) is 0 Å². The molecule has 2 N–H and O–H groups in total. The zero-order valence-corrected chi connectivity index (χ0v) is 20.6. The summed E-state index contributed by atoms with van der Waals surface area (Å²) >= 11 is 0. The molecule has 0 aromatic heterocycles. The molecule has 0 amide bonds. The van der Waals surface area contributed by atoms with Gasteiger partial charge in [0.2, 0.25) is 0 Å². The van der Waals surface area contributed by atoms with Crippen LogP contribution in [-0.4, -0.2) is 63.8 Å². The van der Waals surface area contributed by atoms with Crippen molar-refractivity contribution in [2.45, 2.75) is 51.0 Å². The molecule has 0 saturated carbocycles. The van der Waals surface area contributed by atoms with Gasteiger partial charge >= 0.3 is 0 Å². The topological polar surface area (TPSA) is 48.9 Å². The van der Waals surface area contributed by atoms with Crippen molar-refractivity contribution in [2.24, 2.45) is 4.99 Å². The Morgan fingerprint density at radius 1 is 1.14 bits per heavy atom. The molecule has 1 aromatic rings. The van der Waals surface area contributed by atoms with Crippen molar-refractivity contribution in [2.75, 3.05) is 47.4 Å². The summed E-state index contributed by atoms with van der Waals surface area (Å²) in [5, 5.41) is 6.98. The number of hydrogen-bond donors (Lipinski definition) is 2. The van der Waals surface area contributed by atoms with Crippen molar-refractivity contribution in [3.63, 3.8) is 0 Å². The lowest BCUT2D eigenvalue weighted by Gasteiger charge is -2.43. The molecular weight excluding hydrogens is 463 g/mol. The van der Waals surface area contributed by atoms with Crippen LogP contribution in [-0.2, 0) is 11.2 Å².